The molecular weight excluding hydrogens is 465 g/mol. The molecule has 28 heavy (non-hydrogen) atoms. The summed E-state index contributed by atoms with van der Waals surface area (Å²) in [5, 5.41) is 4.65. The lowest BCUT2D eigenvalue weighted by Gasteiger charge is -2.23. The highest BCUT2D eigenvalue weighted by Crippen LogP contribution is 2.28. The van der Waals surface area contributed by atoms with Crippen LogP contribution in [0.3, 0.4) is 0 Å². The molecule has 1 aliphatic carbocycles. The van der Waals surface area contributed by atoms with Crippen molar-refractivity contribution in [3.63, 3.8) is 0 Å². The highest BCUT2D eigenvalue weighted by molar-refractivity contribution is 14.0. The lowest BCUT2D eigenvalue weighted by atomic mass is 10.1. The molecule has 0 bridgehead atoms. The molecule has 0 atom stereocenters. The smallest absolute Gasteiger partial charge is 0.193 e. The first kappa shape index (κ1) is 22.7. The maximum Gasteiger partial charge on any atom is 0.193 e. The number of fused-ring (bicyclic) bond motifs is 1. The number of ether oxygens (including phenoxy) is 1. The first-order valence-corrected chi connectivity index (χ1v) is 9.64. The molecule has 7 heteroatoms. The van der Waals surface area contributed by atoms with E-state index in [4.69, 9.17) is 9.72 Å². The van der Waals surface area contributed by atoms with Crippen molar-refractivity contribution in [1.29, 1.82) is 0 Å². The van der Waals surface area contributed by atoms with Crippen LogP contribution in [0.1, 0.15) is 18.4 Å². The van der Waals surface area contributed by atoms with Crippen LogP contribution in [0, 0.1) is 5.92 Å². The Morgan fingerprint density at radius 1 is 1.25 bits per heavy atom. The number of para-hydroxylation sites is 1. The fraction of sp³-hybridized carbons (Fsp3) is 0.524. The Hall–Kier alpha value is -1.61. The van der Waals surface area contributed by atoms with Gasteiger partial charge in [0.1, 0.15) is 5.82 Å². The van der Waals surface area contributed by atoms with Crippen molar-refractivity contribution in [3.8, 4) is 0 Å². The lowest BCUT2D eigenvalue weighted by molar-refractivity contribution is 0.115. The highest BCUT2D eigenvalue weighted by atomic mass is 127. The third-order valence-electron chi connectivity index (χ3n) is 4.88. The summed E-state index contributed by atoms with van der Waals surface area (Å²) in [4.78, 5) is 13.3. The van der Waals surface area contributed by atoms with Crippen LogP contribution in [-0.2, 0) is 11.3 Å². The van der Waals surface area contributed by atoms with Crippen LogP contribution in [-0.4, -0.2) is 63.8 Å². The van der Waals surface area contributed by atoms with Gasteiger partial charge in [0.25, 0.3) is 0 Å². The summed E-state index contributed by atoms with van der Waals surface area (Å²) < 4.78 is 5.75. The maximum absolute atomic E-state index is 5.75. The summed E-state index contributed by atoms with van der Waals surface area (Å²) in [6.45, 7) is 3.16. The minimum Gasteiger partial charge on any atom is -0.379 e. The van der Waals surface area contributed by atoms with Gasteiger partial charge in [-0.3, -0.25) is 4.99 Å². The van der Waals surface area contributed by atoms with Crippen molar-refractivity contribution in [3.05, 3.63) is 35.9 Å². The number of likely N-dealkylation sites (N-methyl/N-ethyl adjacent to an activating group) is 1. The molecule has 1 saturated carbocycles. The quantitative estimate of drug-likeness (QED) is 0.263. The molecule has 0 radical (unpaired) electrons. The SMILES string of the molecule is CN=C(NCc1cc(N(C)C)nc2ccccc12)N(C)CCOCC1CC1.I. The first-order chi connectivity index (χ1) is 13.1. The van der Waals surface area contributed by atoms with Crippen LogP contribution in [0.2, 0.25) is 0 Å². The molecule has 1 aliphatic rings. The highest BCUT2D eigenvalue weighted by Gasteiger charge is 2.21. The molecule has 0 aliphatic heterocycles. The first-order valence-electron chi connectivity index (χ1n) is 9.64. The summed E-state index contributed by atoms with van der Waals surface area (Å²) in [6.07, 6.45) is 2.65. The van der Waals surface area contributed by atoms with Gasteiger partial charge in [-0.25, -0.2) is 4.98 Å². The molecule has 1 N–H and O–H groups in total. The van der Waals surface area contributed by atoms with E-state index in [9.17, 15) is 0 Å². The average molecular weight is 497 g/mol. The van der Waals surface area contributed by atoms with Crippen LogP contribution in [0.25, 0.3) is 10.9 Å². The number of aromatic nitrogens is 1. The normalized spacial score (nSPS) is 13.9. The molecular formula is C21H32IN5O. The zero-order valence-corrected chi connectivity index (χ0v) is 19.6. The minimum atomic E-state index is 0. The van der Waals surface area contributed by atoms with E-state index in [2.05, 4.69) is 39.5 Å². The Kier molecular flexibility index (Phi) is 8.75. The maximum atomic E-state index is 5.75. The molecule has 1 heterocycles. The number of halogens is 1. The molecule has 0 spiro atoms. The van der Waals surface area contributed by atoms with Crippen LogP contribution in [0.4, 0.5) is 5.82 Å². The van der Waals surface area contributed by atoms with E-state index < -0.39 is 0 Å². The van der Waals surface area contributed by atoms with E-state index >= 15 is 0 Å². The second kappa shape index (κ2) is 10.8. The van der Waals surface area contributed by atoms with Crippen molar-refractivity contribution in [2.75, 3.05) is 52.8 Å². The zero-order chi connectivity index (χ0) is 19.2. The van der Waals surface area contributed by atoms with Gasteiger partial charge in [-0.05, 0) is 36.5 Å². The third-order valence-corrected chi connectivity index (χ3v) is 4.88. The molecule has 0 unspecified atom stereocenters. The molecule has 154 valence electrons. The summed E-state index contributed by atoms with van der Waals surface area (Å²) in [5.41, 5.74) is 2.22. The van der Waals surface area contributed by atoms with Crippen molar-refractivity contribution < 1.29 is 4.74 Å². The van der Waals surface area contributed by atoms with E-state index in [0.29, 0.717) is 6.54 Å². The van der Waals surface area contributed by atoms with E-state index in [1.165, 1.54) is 23.8 Å². The van der Waals surface area contributed by atoms with Gasteiger partial charge in [-0.1, -0.05) is 18.2 Å². The van der Waals surface area contributed by atoms with Crippen LogP contribution >= 0.6 is 24.0 Å². The molecule has 1 fully saturated rings. The zero-order valence-electron chi connectivity index (χ0n) is 17.3. The third kappa shape index (κ3) is 6.20. The molecule has 1 aromatic carbocycles. The molecule has 1 aromatic heterocycles. The van der Waals surface area contributed by atoms with E-state index in [1.807, 2.05) is 39.2 Å². The van der Waals surface area contributed by atoms with Crippen molar-refractivity contribution in [2.24, 2.45) is 10.9 Å². The topological polar surface area (TPSA) is 53.0 Å². The molecule has 0 amide bonds. The van der Waals surface area contributed by atoms with Gasteiger partial charge in [0.05, 0.1) is 12.1 Å². The second-order valence-corrected chi connectivity index (χ2v) is 7.39. The van der Waals surface area contributed by atoms with Gasteiger partial charge in [0.15, 0.2) is 5.96 Å². The van der Waals surface area contributed by atoms with Gasteiger partial charge in [0.2, 0.25) is 0 Å². The summed E-state index contributed by atoms with van der Waals surface area (Å²) in [5.74, 6) is 2.64. The van der Waals surface area contributed by atoms with Crippen LogP contribution in [0.15, 0.2) is 35.3 Å². The molecule has 2 aromatic rings. The van der Waals surface area contributed by atoms with Gasteiger partial charge in [-0.2, -0.15) is 0 Å². The minimum absolute atomic E-state index is 0. The van der Waals surface area contributed by atoms with E-state index in [0.717, 1.165) is 43.0 Å². The molecule has 3 rings (SSSR count). The lowest BCUT2D eigenvalue weighted by Crippen LogP contribution is -2.40. The Labute approximate surface area is 185 Å². The van der Waals surface area contributed by atoms with Crippen LogP contribution in [0.5, 0.6) is 0 Å². The number of hydrogen-bond donors (Lipinski definition) is 1. The molecule has 6 nitrogen and oxygen atoms in total. The van der Waals surface area contributed by atoms with Crippen molar-refractivity contribution >= 4 is 46.7 Å². The number of aliphatic imine (C=N–C) groups is 1. The number of guanidine groups is 1. The Balaban J connectivity index is 0.00000280. The fourth-order valence-electron chi connectivity index (χ4n) is 3.01. The number of nitrogens with one attached hydrogen (secondary N) is 1. The predicted molar refractivity (Wildman–Crippen MR) is 128 cm³/mol. The Morgan fingerprint density at radius 2 is 2.00 bits per heavy atom. The fourth-order valence-corrected chi connectivity index (χ4v) is 3.01. The number of hydrogen-bond acceptors (Lipinski definition) is 4. The van der Waals surface area contributed by atoms with Crippen molar-refractivity contribution in [1.82, 2.24) is 15.2 Å². The van der Waals surface area contributed by atoms with E-state index in [1.54, 1.807) is 0 Å². The average Bonchev–Trinajstić information content (AvgIpc) is 3.49. The van der Waals surface area contributed by atoms with Gasteiger partial charge >= 0.3 is 0 Å². The number of anilines is 1. The summed E-state index contributed by atoms with van der Waals surface area (Å²) in [6, 6.07) is 10.4. The largest absolute Gasteiger partial charge is 0.379 e. The summed E-state index contributed by atoms with van der Waals surface area (Å²) >= 11 is 0. The van der Waals surface area contributed by atoms with Gasteiger partial charge in [-0.15, -0.1) is 24.0 Å². The van der Waals surface area contributed by atoms with E-state index in [-0.39, 0.29) is 24.0 Å². The Bertz CT molecular complexity index is 791. The monoisotopic (exact) mass is 497 g/mol. The van der Waals surface area contributed by atoms with Gasteiger partial charge in [0, 0.05) is 53.3 Å². The Morgan fingerprint density at radius 3 is 2.68 bits per heavy atom. The predicted octanol–water partition coefficient (Wildman–Crippen LogP) is 3.35. The number of benzene rings is 1. The van der Waals surface area contributed by atoms with Crippen LogP contribution < -0.4 is 10.2 Å². The molecule has 0 saturated heterocycles. The number of rotatable bonds is 8. The van der Waals surface area contributed by atoms with Gasteiger partial charge < -0.3 is 19.9 Å². The number of nitrogens with zero attached hydrogens (tertiary/aromatic N) is 4. The standard InChI is InChI=1S/C21H31N5O.HI/c1-22-21(26(4)11-12-27-15-16-9-10-16)23-14-17-13-20(25(2)3)24-19-8-6-5-7-18(17)19;/h5-8,13,16H,9-12,14-15H2,1-4H3,(H,22,23);1H. The number of pyridine rings is 1. The van der Waals surface area contributed by atoms with Crippen molar-refractivity contribution in [2.45, 2.75) is 19.4 Å². The summed E-state index contributed by atoms with van der Waals surface area (Å²) in [7, 11) is 7.90. The second-order valence-electron chi connectivity index (χ2n) is 7.39.